The molecule has 3 heterocycles. The fourth-order valence-corrected chi connectivity index (χ4v) is 5.04. The Hall–Kier alpha value is -2.42. The summed E-state index contributed by atoms with van der Waals surface area (Å²) < 4.78 is 10.7. The first-order valence-corrected chi connectivity index (χ1v) is 11.2. The normalized spacial score (nSPS) is 14.8. The number of amides is 1. The Kier molecular flexibility index (Phi) is 6.13. The molecule has 2 aromatic heterocycles. The maximum absolute atomic E-state index is 13.0. The van der Waals surface area contributed by atoms with E-state index in [4.69, 9.17) is 14.5 Å². The topological polar surface area (TPSA) is 54.9 Å². The third-order valence-electron chi connectivity index (χ3n) is 4.98. The fourth-order valence-electron chi connectivity index (χ4n) is 3.45. The van der Waals surface area contributed by atoms with Crippen LogP contribution in [0.4, 0.5) is 0 Å². The number of methoxy groups -OCH3 is 2. The van der Waals surface area contributed by atoms with Crippen molar-refractivity contribution in [1.29, 1.82) is 0 Å². The minimum atomic E-state index is -0.0189. The van der Waals surface area contributed by atoms with Crippen molar-refractivity contribution in [2.75, 3.05) is 40.4 Å². The Morgan fingerprint density at radius 2 is 1.90 bits per heavy atom. The maximum atomic E-state index is 13.0. The molecule has 29 heavy (non-hydrogen) atoms. The predicted octanol–water partition coefficient (Wildman–Crippen LogP) is 3.85. The lowest BCUT2D eigenvalue weighted by Crippen LogP contribution is -2.48. The van der Waals surface area contributed by atoms with Gasteiger partial charge in [0.15, 0.2) is 11.5 Å². The van der Waals surface area contributed by atoms with Crippen LogP contribution in [0.2, 0.25) is 0 Å². The minimum Gasteiger partial charge on any atom is -0.493 e. The lowest BCUT2D eigenvalue weighted by Gasteiger charge is -2.34. The molecule has 4 rings (SSSR count). The number of piperazine rings is 1. The van der Waals surface area contributed by atoms with Gasteiger partial charge in [0.2, 0.25) is 0 Å². The molecule has 1 aliphatic rings. The molecule has 0 N–H and O–H groups in total. The average molecular weight is 430 g/mol. The van der Waals surface area contributed by atoms with Gasteiger partial charge in [-0.25, -0.2) is 4.98 Å². The molecule has 0 radical (unpaired) electrons. The molecule has 1 aromatic carbocycles. The minimum absolute atomic E-state index is 0.0189. The summed E-state index contributed by atoms with van der Waals surface area (Å²) in [6, 6.07) is 9.55. The summed E-state index contributed by atoms with van der Waals surface area (Å²) in [6.07, 6.45) is 0. The predicted molar refractivity (Wildman–Crippen MR) is 116 cm³/mol. The second kappa shape index (κ2) is 8.94. The standard InChI is InChI=1S/C21H23N3O3S2/c1-26-17-6-3-5-15(20(17)27-2)21(25)24-10-8-23(9-11-24)13-19-22-16(14-29-19)18-7-4-12-28-18/h3-7,12,14H,8-11,13H2,1-2H3. The van der Waals surface area contributed by atoms with Gasteiger partial charge >= 0.3 is 0 Å². The van der Waals surface area contributed by atoms with Crippen molar-refractivity contribution in [2.24, 2.45) is 0 Å². The van der Waals surface area contributed by atoms with Crippen molar-refractivity contribution in [3.63, 3.8) is 0 Å². The lowest BCUT2D eigenvalue weighted by molar-refractivity contribution is 0.0624. The summed E-state index contributed by atoms with van der Waals surface area (Å²) in [6.45, 7) is 3.84. The summed E-state index contributed by atoms with van der Waals surface area (Å²) >= 11 is 3.41. The van der Waals surface area contributed by atoms with E-state index in [0.29, 0.717) is 30.2 Å². The maximum Gasteiger partial charge on any atom is 0.257 e. The van der Waals surface area contributed by atoms with Crippen molar-refractivity contribution < 1.29 is 14.3 Å². The average Bonchev–Trinajstić information content (AvgIpc) is 3.45. The molecule has 6 nitrogen and oxygen atoms in total. The number of para-hydroxylation sites is 1. The van der Waals surface area contributed by atoms with Crippen LogP contribution in [0, 0.1) is 0 Å². The molecule has 1 fully saturated rings. The number of nitrogens with zero attached hydrogens (tertiary/aromatic N) is 3. The van der Waals surface area contributed by atoms with Gasteiger partial charge in [-0.05, 0) is 23.6 Å². The molecule has 152 valence electrons. The monoisotopic (exact) mass is 429 g/mol. The van der Waals surface area contributed by atoms with Gasteiger partial charge in [0, 0.05) is 31.6 Å². The number of rotatable bonds is 6. The number of aromatic nitrogens is 1. The van der Waals surface area contributed by atoms with Crippen molar-refractivity contribution in [3.8, 4) is 22.1 Å². The zero-order valence-corrected chi connectivity index (χ0v) is 18.1. The van der Waals surface area contributed by atoms with E-state index in [0.717, 1.165) is 30.3 Å². The highest BCUT2D eigenvalue weighted by molar-refractivity contribution is 7.14. The van der Waals surface area contributed by atoms with E-state index in [9.17, 15) is 4.79 Å². The lowest BCUT2D eigenvalue weighted by atomic mass is 10.1. The van der Waals surface area contributed by atoms with Crippen LogP contribution in [0.25, 0.3) is 10.6 Å². The first-order chi connectivity index (χ1) is 14.2. The van der Waals surface area contributed by atoms with Gasteiger partial charge < -0.3 is 14.4 Å². The van der Waals surface area contributed by atoms with Crippen LogP contribution in [0.15, 0.2) is 41.1 Å². The number of hydrogen-bond acceptors (Lipinski definition) is 7. The van der Waals surface area contributed by atoms with Crippen LogP contribution < -0.4 is 9.47 Å². The summed E-state index contributed by atoms with van der Waals surface area (Å²) in [5, 5.41) is 5.31. The summed E-state index contributed by atoms with van der Waals surface area (Å²) in [4.78, 5) is 23.2. The molecule has 1 amide bonds. The van der Waals surface area contributed by atoms with Crippen molar-refractivity contribution >= 4 is 28.6 Å². The first-order valence-electron chi connectivity index (χ1n) is 9.40. The molecule has 0 unspecified atom stereocenters. The number of ether oxygens (including phenoxy) is 2. The van der Waals surface area contributed by atoms with Crippen molar-refractivity contribution in [3.05, 3.63) is 51.7 Å². The molecule has 0 saturated carbocycles. The van der Waals surface area contributed by atoms with E-state index in [1.165, 1.54) is 4.88 Å². The van der Waals surface area contributed by atoms with Gasteiger partial charge in [-0.1, -0.05) is 12.1 Å². The van der Waals surface area contributed by atoms with E-state index >= 15 is 0 Å². The highest BCUT2D eigenvalue weighted by atomic mass is 32.1. The second-order valence-electron chi connectivity index (χ2n) is 6.71. The van der Waals surface area contributed by atoms with Gasteiger partial charge in [0.25, 0.3) is 5.91 Å². The van der Waals surface area contributed by atoms with E-state index in [2.05, 4.69) is 21.7 Å². The van der Waals surface area contributed by atoms with Gasteiger partial charge in [-0.15, -0.1) is 22.7 Å². The van der Waals surface area contributed by atoms with E-state index in [1.807, 2.05) is 17.0 Å². The van der Waals surface area contributed by atoms with E-state index in [-0.39, 0.29) is 5.91 Å². The molecule has 1 aliphatic heterocycles. The molecule has 1 saturated heterocycles. The quantitative estimate of drug-likeness (QED) is 0.596. The Morgan fingerprint density at radius 1 is 1.07 bits per heavy atom. The van der Waals surface area contributed by atoms with Crippen LogP contribution in [-0.2, 0) is 6.54 Å². The number of carbonyl (C=O) groups excluding carboxylic acids is 1. The SMILES string of the molecule is COc1cccc(C(=O)N2CCN(Cc3nc(-c4cccs4)cs3)CC2)c1OC. The van der Waals surface area contributed by atoms with Gasteiger partial charge in [-0.3, -0.25) is 9.69 Å². The molecule has 8 heteroatoms. The number of hydrogen-bond donors (Lipinski definition) is 0. The first kappa shape index (κ1) is 19.9. The molecule has 0 aliphatic carbocycles. The zero-order chi connectivity index (χ0) is 20.2. The third kappa shape index (κ3) is 4.29. The number of thiophene rings is 1. The molecule has 0 atom stereocenters. The van der Waals surface area contributed by atoms with Crippen LogP contribution in [0.1, 0.15) is 15.4 Å². The third-order valence-corrected chi connectivity index (χ3v) is 6.70. The van der Waals surface area contributed by atoms with Crippen LogP contribution in [-0.4, -0.2) is 61.1 Å². The van der Waals surface area contributed by atoms with Gasteiger partial charge in [0.05, 0.1) is 36.9 Å². The number of thiazole rings is 1. The van der Waals surface area contributed by atoms with E-state index in [1.54, 1.807) is 49.0 Å². The largest absolute Gasteiger partial charge is 0.493 e. The smallest absolute Gasteiger partial charge is 0.257 e. The molecule has 3 aromatic rings. The fraction of sp³-hybridized carbons (Fsp3) is 0.333. The Labute approximate surface area is 178 Å². The second-order valence-corrected chi connectivity index (χ2v) is 8.60. The Morgan fingerprint density at radius 3 is 2.59 bits per heavy atom. The Balaban J connectivity index is 1.37. The Bertz CT molecular complexity index is 963. The molecule has 0 spiro atoms. The molecule has 0 bridgehead atoms. The zero-order valence-electron chi connectivity index (χ0n) is 16.5. The van der Waals surface area contributed by atoms with Crippen LogP contribution in [0.5, 0.6) is 11.5 Å². The molecular formula is C21H23N3O3S2. The van der Waals surface area contributed by atoms with E-state index < -0.39 is 0 Å². The van der Waals surface area contributed by atoms with Gasteiger partial charge in [-0.2, -0.15) is 0 Å². The van der Waals surface area contributed by atoms with Crippen LogP contribution in [0.3, 0.4) is 0 Å². The summed E-state index contributed by atoms with van der Waals surface area (Å²) in [5.74, 6) is 1.04. The highest BCUT2D eigenvalue weighted by Crippen LogP contribution is 2.32. The van der Waals surface area contributed by atoms with Crippen molar-refractivity contribution in [2.45, 2.75) is 6.54 Å². The number of benzene rings is 1. The van der Waals surface area contributed by atoms with Crippen LogP contribution >= 0.6 is 22.7 Å². The summed E-state index contributed by atoms with van der Waals surface area (Å²) in [7, 11) is 3.14. The highest BCUT2D eigenvalue weighted by Gasteiger charge is 2.26. The summed E-state index contributed by atoms with van der Waals surface area (Å²) in [5.41, 5.74) is 1.60. The van der Waals surface area contributed by atoms with Gasteiger partial charge in [0.1, 0.15) is 5.01 Å². The van der Waals surface area contributed by atoms with Crippen molar-refractivity contribution in [1.82, 2.24) is 14.8 Å². The molecular weight excluding hydrogens is 406 g/mol. The number of carbonyl (C=O) groups is 1.